The van der Waals surface area contributed by atoms with Gasteiger partial charge in [0.15, 0.2) is 5.16 Å². The molecule has 3 heterocycles. The number of para-hydroxylation sites is 1. The van der Waals surface area contributed by atoms with E-state index in [0.717, 1.165) is 22.3 Å². The number of aryl methyl sites for hydroxylation is 2. The fourth-order valence-corrected chi connectivity index (χ4v) is 4.04. The minimum absolute atomic E-state index is 0.0476. The molecule has 0 bridgehead atoms. The number of aromatic nitrogens is 7. The summed E-state index contributed by atoms with van der Waals surface area (Å²) in [4.78, 5) is 12.7. The Balaban J connectivity index is 1.81. The van der Waals surface area contributed by atoms with E-state index in [-0.39, 0.29) is 5.56 Å². The molecule has 0 atom stereocenters. The minimum atomic E-state index is -0.0476. The largest absolute Gasteiger partial charge is 0.302 e. The molecule has 0 N–H and O–H groups in total. The Labute approximate surface area is 159 Å². The highest BCUT2D eigenvalue weighted by Crippen LogP contribution is 2.23. The molecule has 8 nitrogen and oxygen atoms in total. The molecule has 0 unspecified atom stereocenters. The lowest BCUT2D eigenvalue weighted by Gasteiger charge is -2.09. The molecule has 0 aliphatic heterocycles. The van der Waals surface area contributed by atoms with E-state index in [2.05, 4.69) is 27.0 Å². The minimum Gasteiger partial charge on any atom is -0.302 e. The Morgan fingerprint density at radius 1 is 1.15 bits per heavy atom. The summed E-state index contributed by atoms with van der Waals surface area (Å²) in [7, 11) is 0. The van der Waals surface area contributed by atoms with Crippen molar-refractivity contribution < 1.29 is 0 Å². The van der Waals surface area contributed by atoms with E-state index in [0.29, 0.717) is 30.0 Å². The summed E-state index contributed by atoms with van der Waals surface area (Å²) in [6.45, 7) is 8.82. The fourth-order valence-electron chi connectivity index (χ4n) is 3.13. The molecule has 0 saturated carbocycles. The monoisotopic (exact) mass is 381 g/mol. The molecule has 0 radical (unpaired) electrons. The Morgan fingerprint density at radius 2 is 1.96 bits per heavy atom. The van der Waals surface area contributed by atoms with Crippen LogP contribution in [0.2, 0.25) is 0 Å². The first-order valence-electron chi connectivity index (χ1n) is 8.64. The lowest BCUT2D eigenvalue weighted by Crippen LogP contribution is -2.22. The first-order chi connectivity index (χ1) is 13.2. The van der Waals surface area contributed by atoms with Crippen LogP contribution in [0.1, 0.15) is 18.6 Å². The number of rotatable bonds is 6. The second-order valence-corrected chi connectivity index (χ2v) is 6.98. The van der Waals surface area contributed by atoms with E-state index in [1.54, 1.807) is 4.57 Å². The van der Waals surface area contributed by atoms with E-state index >= 15 is 0 Å². The number of hydrogen-bond acceptors (Lipinski definition) is 6. The van der Waals surface area contributed by atoms with E-state index < -0.39 is 0 Å². The fraction of sp³-hybridized carbons (Fsp3) is 0.278. The Morgan fingerprint density at radius 3 is 2.74 bits per heavy atom. The van der Waals surface area contributed by atoms with Crippen LogP contribution in [0.3, 0.4) is 0 Å². The van der Waals surface area contributed by atoms with Crippen LogP contribution in [0.15, 0.2) is 46.9 Å². The molecule has 4 aromatic rings. The molecule has 0 spiro atoms. The van der Waals surface area contributed by atoms with Crippen LogP contribution in [0.4, 0.5) is 0 Å². The molecular weight excluding hydrogens is 362 g/mol. The lowest BCUT2D eigenvalue weighted by atomic mass is 10.2. The van der Waals surface area contributed by atoms with Gasteiger partial charge in [0.25, 0.3) is 5.56 Å². The SMILES string of the molecule is C=CCn1c(C)nnc1SCc1nnc2n(CC)c(=O)c3ccccc3n12. The second kappa shape index (κ2) is 6.99. The van der Waals surface area contributed by atoms with Gasteiger partial charge in [0.2, 0.25) is 5.78 Å². The predicted octanol–water partition coefficient (Wildman–Crippen LogP) is 2.44. The molecule has 3 aromatic heterocycles. The first kappa shape index (κ1) is 17.5. The first-order valence-corrected chi connectivity index (χ1v) is 9.63. The number of fused-ring (bicyclic) bond motifs is 3. The Kier molecular flexibility index (Phi) is 4.53. The van der Waals surface area contributed by atoms with Crippen LogP contribution in [0, 0.1) is 6.92 Å². The molecule has 0 amide bonds. The van der Waals surface area contributed by atoms with Gasteiger partial charge in [0.05, 0.1) is 16.7 Å². The third kappa shape index (κ3) is 2.84. The molecular formula is C18H19N7OS. The van der Waals surface area contributed by atoms with Gasteiger partial charge < -0.3 is 4.57 Å². The number of benzene rings is 1. The standard InChI is InChI=1S/C18H19N7OS/c1-4-10-24-12(3)19-22-18(24)27-11-15-20-21-17-23(5-2)16(26)13-8-6-7-9-14(13)25(15)17/h4,6-9H,1,5,10-11H2,2-3H3. The van der Waals surface area contributed by atoms with Crippen LogP contribution in [-0.4, -0.2) is 33.9 Å². The normalized spacial score (nSPS) is 11.5. The second-order valence-electron chi connectivity index (χ2n) is 6.04. The van der Waals surface area contributed by atoms with Gasteiger partial charge in [-0.05, 0) is 26.0 Å². The Hall–Kier alpha value is -2.94. The van der Waals surface area contributed by atoms with Gasteiger partial charge in [0.1, 0.15) is 11.6 Å². The van der Waals surface area contributed by atoms with E-state index in [9.17, 15) is 4.79 Å². The molecule has 0 fully saturated rings. The van der Waals surface area contributed by atoms with Gasteiger partial charge in [-0.3, -0.25) is 13.8 Å². The highest BCUT2D eigenvalue weighted by Gasteiger charge is 2.17. The van der Waals surface area contributed by atoms with Crippen molar-refractivity contribution in [1.29, 1.82) is 0 Å². The van der Waals surface area contributed by atoms with E-state index in [1.165, 1.54) is 11.8 Å². The van der Waals surface area contributed by atoms with Gasteiger partial charge in [-0.2, -0.15) is 0 Å². The molecule has 4 rings (SSSR count). The highest BCUT2D eigenvalue weighted by molar-refractivity contribution is 7.98. The van der Waals surface area contributed by atoms with E-state index in [4.69, 9.17) is 0 Å². The van der Waals surface area contributed by atoms with Crippen LogP contribution in [0.25, 0.3) is 16.7 Å². The summed E-state index contributed by atoms with van der Waals surface area (Å²) in [5.41, 5.74) is 0.764. The highest BCUT2D eigenvalue weighted by atomic mass is 32.2. The maximum atomic E-state index is 12.7. The lowest BCUT2D eigenvalue weighted by molar-refractivity contribution is 0.703. The van der Waals surface area contributed by atoms with Crippen molar-refractivity contribution in [3.05, 3.63) is 58.9 Å². The molecule has 138 valence electrons. The number of allylic oxidation sites excluding steroid dienone is 1. The third-order valence-corrected chi connectivity index (χ3v) is 5.40. The summed E-state index contributed by atoms with van der Waals surface area (Å²) < 4.78 is 5.60. The van der Waals surface area contributed by atoms with Crippen molar-refractivity contribution in [2.24, 2.45) is 0 Å². The summed E-state index contributed by atoms with van der Waals surface area (Å²) in [6.07, 6.45) is 1.82. The van der Waals surface area contributed by atoms with Gasteiger partial charge in [0, 0.05) is 13.1 Å². The van der Waals surface area contributed by atoms with Crippen LogP contribution in [-0.2, 0) is 18.8 Å². The average Bonchev–Trinajstić information content (AvgIpc) is 3.25. The molecule has 27 heavy (non-hydrogen) atoms. The van der Waals surface area contributed by atoms with Crippen molar-refractivity contribution in [3.8, 4) is 0 Å². The maximum absolute atomic E-state index is 12.7. The van der Waals surface area contributed by atoms with Gasteiger partial charge in [-0.1, -0.05) is 30.0 Å². The van der Waals surface area contributed by atoms with Crippen molar-refractivity contribution in [3.63, 3.8) is 0 Å². The zero-order valence-electron chi connectivity index (χ0n) is 15.2. The van der Waals surface area contributed by atoms with Gasteiger partial charge in [-0.15, -0.1) is 27.0 Å². The van der Waals surface area contributed by atoms with Crippen LogP contribution >= 0.6 is 11.8 Å². The number of hydrogen-bond donors (Lipinski definition) is 0. The summed E-state index contributed by atoms with van der Waals surface area (Å²) in [5, 5.41) is 18.5. The van der Waals surface area contributed by atoms with Crippen molar-refractivity contribution >= 4 is 28.4 Å². The van der Waals surface area contributed by atoms with Crippen molar-refractivity contribution in [1.82, 2.24) is 33.9 Å². The summed E-state index contributed by atoms with van der Waals surface area (Å²) >= 11 is 1.54. The summed E-state index contributed by atoms with van der Waals surface area (Å²) in [5.74, 6) is 2.72. The molecule has 1 aromatic carbocycles. The van der Waals surface area contributed by atoms with Crippen molar-refractivity contribution in [2.45, 2.75) is 37.8 Å². The number of thioether (sulfide) groups is 1. The zero-order valence-corrected chi connectivity index (χ0v) is 16.0. The third-order valence-electron chi connectivity index (χ3n) is 4.43. The summed E-state index contributed by atoms with van der Waals surface area (Å²) in [6, 6.07) is 7.54. The van der Waals surface area contributed by atoms with E-state index in [1.807, 2.05) is 53.2 Å². The molecule has 0 aliphatic carbocycles. The number of nitrogens with zero attached hydrogens (tertiary/aromatic N) is 7. The molecule has 9 heteroatoms. The average molecular weight is 381 g/mol. The van der Waals surface area contributed by atoms with Gasteiger partial charge >= 0.3 is 0 Å². The quantitative estimate of drug-likeness (QED) is 0.377. The molecule has 0 aliphatic rings. The van der Waals surface area contributed by atoms with Crippen LogP contribution in [0.5, 0.6) is 0 Å². The predicted molar refractivity (Wildman–Crippen MR) is 105 cm³/mol. The van der Waals surface area contributed by atoms with Crippen molar-refractivity contribution in [2.75, 3.05) is 0 Å². The topological polar surface area (TPSA) is 82.9 Å². The van der Waals surface area contributed by atoms with Crippen LogP contribution < -0.4 is 5.56 Å². The Bertz CT molecular complexity index is 1200. The van der Waals surface area contributed by atoms with Gasteiger partial charge in [-0.25, -0.2) is 0 Å². The molecule has 0 saturated heterocycles. The smallest absolute Gasteiger partial charge is 0.262 e. The maximum Gasteiger partial charge on any atom is 0.262 e. The zero-order chi connectivity index (χ0) is 19.0.